The topological polar surface area (TPSA) is 101 Å². The quantitative estimate of drug-likeness (QED) is 0.257. The van der Waals surface area contributed by atoms with Gasteiger partial charge in [-0.05, 0) is 73.4 Å². The second-order valence-corrected chi connectivity index (χ2v) is 11.4. The maximum absolute atomic E-state index is 15.0. The molecule has 13 heteroatoms. The fourth-order valence-electron chi connectivity index (χ4n) is 5.73. The normalized spacial score (nSPS) is 19.4. The van der Waals surface area contributed by atoms with Crippen molar-refractivity contribution in [3.8, 4) is 11.5 Å². The van der Waals surface area contributed by atoms with Crippen LogP contribution in [0.15, 0.2) is 66.9 Å². The van der Waals surface area contributed by atoms with Crippen LogP contribution in [0, 0.1) is 5.92 Å². The molecular weight excluding hydrogens is 608 g/mol. The molecule has 2 aromatic carbocycles. The van der Waals surface area contributed by atoms with Gasteiger partial charge in [-0.3, -0.25) is 24.3 Å². The first-order valence-corrected chi connectivity index (χ1v) is 14.9. The van der Waals surface area contributed by atoms with Crippen LogP contribution < -0.4 is 14.8 Å². The van der Waals surface area contributed by atoms with Gasteiger partial charge in [0.2, 0.25) is 0 Å². The summed E-state index contributed by atoms with van der Waals surface area (Å²) in [4.78, 5) is 46.4. The van der Waals surface area contributed by atoms with Gasteiger partial charge in [-0.2, -0.15) is 0 Å². The Morgan fingerprint density at radius 1 is 0.891 bits per heavy atom. The molecule has 1 aromatic heterocycles. The number of likely N-dealkylation sites (tertiary alicyclic amines) is 2. The number of aromatic nitrogens is 1. The summed E-state index contributed by atoms with van der Waals surface area (Å²) in [6.07, 6.45) is -3.45. The molecule has 0 bridgehead atoms. The molecule has 2 atom stereocenters. The molecule has 1 N–H and O–H groups in total. The van der Waals surface area contributed by atoms with Crippen LogP contribution in [-0.2, 0) is 6.54 Å². The minimum atomic E-state index is -4.77. The number of hydrogen-bond donors (Lipinski definition) is 1. The molecular formula is C33H34F4N4O5. The molecule has 46 heavy (non-hydrogen) atoms. The van der Waals surface area contributed by atoms with Crippen molar-refractivity contribution in [3.63, 3.8) is 0 Å². The standard InChI is InChI=1S/C33H34F4N4O5/c1-45-25-9-4-22(5-10-25)30(42)23-12-16-41(17-13-23)32(44)29-11-6-24(18-38-29)31(43)39-28-14-15-40(20-27(28)34)19-21-2-7-26(8-3-21)46-33(35,36)37/h2-11,18,23,27-28H,12-17,19-20H2,1H3,(H,39,43)/t27-,28-/m1/s1. The Morgan fingerprint density at radius 2 is 1.54 bits per heavy atom. The number of nitrogens with zero attached hydrogens (tertiary/aromatic N) is 3. The van der Waals surface area contributed by atoms with E-state index in [4.69, 9.17) is 4.74 Å². The van der Waals surface area contributed by atoms with Gasteiger partial charge in [-0.15, -0.1) is 13.2 Å². The SMILES string of the molecule is COc1ccc(C(=O)C2CCN(C(=O)c3ccc(C(=O)N[C@@H]4CCN(Cc5ccc(OC(F)(F)F)cc5)C[C@H]4F)cn3)CC2)cc1. The Kier molecular flexibility index (Phi) is 10.2. The zero-order chi connectivity index (χ0) is 32.8. The number of pyridine rings is 1. The van der Waals surface area contributed by atoms with Crippen LogP contribution in [-0.4, -0.2) is 84.2 Å². The van der Waals surface area contributed by atoms with E-state index in [-0.39, 0.29) is 41.2 Å². The molecule has 2 amide bonds. The first kappa shape index (κ1) is 32.9. The van der Waals surface area contributed by atoms with E-state index >= 15 is 4.39 Å². The van der Waals surface area contributed by atoms with E-state index in [0.717, 1.165) is 0 Å². The molecule has 3 heterocycles. The second-order valence-electron chi connectivity index (χ2n) is 11.4. The van der Waals surface area contributed by atoms with Gasteiger partial charge in [0.25, 0.3) is 11.8 Å². The average molecular weight is 643 g/mol. The van der Waals surface area contributed by atoms with Crippen molar-refractivity contribution in [1.82, 2.24) is 20.1 Å². The summed E-state index contributed by atoms with van der Waals surface area (Å²) in [5, 5.41) is 2.71. The van der Waals surface area contributed by atoms with Crippen molar-refractivity contribution in [2.75, 3.05) is 33.3 Å². The van der Waals surface area contributed by atoms with Crippen LogP contribution in [0.1, 0.15) is 56.0 Å². The predicted molar refractivity (Wildman–Crippen MR) is 159 cm³/mol. The first-order chi connectivity index (χ1) is 22.0. The Morgan fingerprint density at radius 3 is 2.13 bits per heavy atom. The maximum Gasteiger partial charge on any atom is 0.573 e. The predicted octanol–water partition coefficient (Wildman–Crippen LogP) is 5.07. The van der Waals surface area contributed by atoms with Crippen molar-refractivity contribution in [1.29, 1.82) is 0 Å². The highest BCUT2D eigenvalue weighted by atomic mass is 19.4. The minimum absolute atomic E-state index is 0.0394. The van der Waals surface area contributed by atoms with Gasteiger partial charge < -0.3 is 19.7 Å². The molecule has 0 aliphatic carbocycles. The lowest BCUT2D eigenvalue weighted by Crippen LogP contribution is -2.52. The zero-order valence-corrected chi connectivity index (χ0v) is 25.1. The smallest absolute Gasteiger partial charge is 0.497 e. The van der Waals surface area contributed by atoms with E-state index < -0.39 is 24.5 Å². The fraction of sp³-hybridized carbons (Fsp3) is 0.394. The number of rotatable bonds is 9. The van der Waals surface area contributed by atoms with E-state index in [1.54, 1.807) is 36.3 Å². The number of amides is 2. The Balaban J connectivity index is 1.07. The van der Waals surface area contributed by atoms with Crippen molar-refractivity contribution in [2.45, 2.75) is 44.4 Å². The highest BCUT2D eigenvalue weighted by Crippen LogP contribution is 2.26. The van der Waals surface area contributed by atoms with E-state index in [9.17, 15) is 27.6 Å². The molecule has 3 aromatic rings. The number of alkyl halides is 4. The number of hydrogen-bond acceptors (Lipinski definition) is 7. The lowest BCUT2D eigenvalue weighted by Gasteiger charge is -2.35. The number of benzene rings is 2. The monoisotopic (exact) mass is 642 g/mol. The lowest BCUT2D eigenvalue weighted by molar-refractivity contribution is -0.274. The molecule has 0 radical (unpaired) electrons. The highest BCUT2D eigenvalue weighted by Gasteiger charge is 2.33. The van der Waals surface area contributed by atoms with Crippen molar-refractivity contribution < 1.29 is 41.4 Å². The van der Waals surface area contributed by atoms with Crippen LogP contribution in [0.4, 0.5) is 17.6 Å². The number of carbonyl (C=O) groups excluding carboxylic acids is 3. The number of nitrogens with one attached hydrogen (secondary N) is 1. The van der Waals surface area contributed by atoms with E-state index in [1.807, 2.05) is 4.90 Å². The summed E-state index contributed by atoms with van der Waals surface area (Å²) in [6, 6.07) is 14.6. The third-order valence-corrected chi connectivity index (χ3v) is 8.28. The summed E-state index contributed by atoms with van der Waals surface area (Å²) in [5.74, 6) is -0.598. The minimum Gasteiger partial charge on any atom is -0.497 e. The summed E-state index contributed by atoms with van der Waals surface area (Å²) < 4.78 is 61.1. The van der Waals surface area contributed by atoms with E-state index in [0.29, 0.717) is 62.3 Å². The number of halogens is 4. The van der Waals surface area contributed by atoms with Gasteiger partial charge >= 0.3 is 6.36 Å². The van der Waals surface area contributed by atoms with Crippen LogP contribution in [0.3, 0.4) is 0 Å². The molecule has 0 saturated carbocycles. The highest BCUT2D eigenvalue weighted by molar-refractivity contribution is 5.99. The first-order valence-electron chi connectivity index (χ1n) is 14.9. The van der Waals surface area contributed by atoms with E-state index in [1.165, 1.54) is 42.6 Å². The number of methoxy groups -OCH3 is 1. The Bertz CT molecular complexity index is 1510. The maximum atomic E-state index is 15.0. The number of ketones is 1. The van der Waals surface area contributed by atoms with Gasteiger partial charge in [-0.25, -0.2) is 4.39 Å². The van der Waals surface area contributed by atoms with Gasteiger partial charge in [0.05, 0.1) is 18.7 Å². The van der Waals surface area contributed by atoms with Crippen LogP contribution >= 0.6 is 0 Å². The molecule has 2 aliphatic rings. The number of piperidine rings is 2. The van der Waals surface area contributed by atoms with Crippen molar-refractivity contribution >= 4 is 17.6 Å². The van der Waals surface area contributed by atoms with Crippen LogP contribution in [0.5, 0.6) is 11.5 Å². The summed E-state index contributed by atoms with van der Waals surface area (Å²) in [6.45, 7) is 1.66. The molecule has 0 unspecified atom stereocenters. The molecule has 2 fully saturated rings. The molecule has 0 spiro atoms. The van der Waals surface area contributed by atoms with Gasteiger partial charge in [0.1, 0.15) is 23.4 Å². The average Bonchev–Trinajstić information content (AvgIpc) is 3.05. The third kappa shape index (κ3) is 8.39. The summed E-state index contributed by atoms with van der Waals surface area (Å²) in [5.41, 5.74) is 1.68. The largest absolute Gasteiger partial charge is 0.573 e. The number of carbonyl (C=O) groups is 3. The van der Waals surface area contributed by atoms with Crippen LogP contribution in [0.2, 0.25) is 0 Å². The van der Waals surface area contributed by atoms with Crippen molar-refractivity contribution in [3.05, 3.63) is 89.2 Å². The van der Waals surface area contributed by atoms with Gasteiger partial charge in [0.15, 0.2) is 5.78 Å². The Labute approximate surface area is 263 Å². The zero-order valence-electron chi connectivity index (χ0n) is 25.1. The second kappa shape index (κ2) is 14.3. The van der Waals surface area contributed by atoms with Crippen molar-refractivity contribution in [2.24, 2.45) is 5.92 Å². The molecule has 244 valence electrons. The molecule has 9 nitrogen and oxygen atoms in total. The molecule has 2 aliphatic heterocycles. The van der Waals surface area contributed by atoms with Gasteiger partial charge in [-0.1, -0.05) is 12.1 Å². The molecule has 2 saturated heterocycles. The number of ether oxygens (including phenoxy) is 2. The Hall–Kier alpha value is -4.52. The van der Waals surface area contributed by atoms with Gasteiger partial charge in [0, 0.05) is 50.4 Å². The van der Waals surface area contributed by atoms with Crippen LogP contribution in [0.25, 0.3) is 0 Å². The summed E-state index contributed by atoms with van der Waals surface area (Å²) in [7, 11) is 1.56. The summed E-state index contributed by atoms with van der Waals surface area (Å²) >= 11 is 0. The van der Waals surface area contributed by atoms with E-state index in [2.05, 4.69) is 15.0 Å². The fourth-order valence-corrected chi connectivity index (χ4v) is 5.73. The third-order valence-electron chi connectivity index (χ3n) is 8.28. The lowest BCUT2D eigenvalue weighted by atomic mass is 9.88. The number of Topliss-reactive ketones (excluding diaryl/α,β-unsaturated/α-hetero) is 1. The molecule has 5 rings (SSSR count).